The van der Waals surface area contributed by atoms with Crippen LogP contribution in [-0.4, -0.2) is 50.3 Å². The summed E-state index contributed by atoms with van der Waals surface area (Å²) in [7, 11) is 0. The number of amides is 2. The lowest BCUT2D eigenvalue weighted by Crippen LogP contribution is -2.43. The zero-order chi connectivity index (χ0) is 15.4. The maximum atomic E-state index is 12.1. The Morgan fingerprint density at radius 1 is 1.09 bits per heavy atom. The first-order chi connectivity index (χ1) is 10.7. The summed E-state index contributed by atoms with van der Waals surface area (Å²) in [6, 6.07) is 8.15. The van der Waals surface area contributed by atoms with E-state index in [1.165, 1.54) is 18.5 Å². The molecule has 2 amide bonds. The van der Waals surface area contributed by atoms with Gasteiger partial charge in [-0.25, -0.2) is 4.79 Å². The number of anilines is 2. The Balaban J connectivity index is 1.56. The van der Waals surface area contributed by atoms with Gasteiger partial charge in [0.25, 0.3) is 0 Å². The van der Waals surface area contributed by atoms with Crippen LogP contribution in [-0.2, 0) is 4.74 Å². The molecule has 120 valence electrons. The largest absolute Gasteiger partial charge is 0.378 e. The third-order valence-electron chi connectivity index (χ3n) is 4.57. The van der Waals surface area contributed by atoms with Crippen molar-refractivity contribution in [2.45, 2.75) is 19.8 Å². The van der Waals surface area contributed by atoms with Gasteiger partial charge in [-0.2, -0.15) is 0 Å². The quantitative estimate of drug-likeness (QED) is 0.914. The average molecular weight is 303 g/mol. The number of carbonyl (C=O) groups excluding carboxylic acids is 1. The van der Waals surface area contributed by atoms with Gasteiger partial charge >= 0.3 is 6.03 Å². The summed E-state index contributed by atoms with van der Waals surface area (Å²) in [5.74, 6) is 0.836. The Hall–Kier alpha value is -1.75. The van der Waals surface area contributed by atoms with Gasteiger partial charge in [0, 0.05) is 37.6 Å². The van der Waals surface area contributed by atoms with Crippen LogP contribution in [0.3, 0.4) is 0 Å². The van der Waals surface area contributed by atoms with Gasteiger partial charge < -0.3 is 19.9 Å². The summed E-state index contributed by atoms with van der Waals surface area (Å²) < 4.78 is 5.26. The van der Waals surface area contributed by atoms with Crippen LogP contribution in [0.4, 0.5) is 16.2 Å². The van der Waals surface area contributed by atoms with E-state index in [1.807, 2.05) is 12.1 Å². The van der Waals surface area contributed by atoms with E-state index >= 15 is 0 Å². The Bertz CT molecular complexity index is 489. The standard InChI is InChI=1S/C17H25N3O2/c1-14-6-8-19(9-7-14)16-4-2-15(3-5-16)18-17(21)20-10-12-22-13-11-20/h2-5,14H,6-13H2,1H3,(H,18,21). The number of nitrogens with one attached hydrogen (secondary N) is 1. The molecule has 0 bridgehead atoms. The number of hydrogen-bond acceptors (Lipinski definition) is 3. The molecule has 2 aliphatic rings. The molecule has 1 N–H and O–H groups in total. The maximum Gasteiger partial charge on any atom is 0.321 e. The SMILES string of the molecule is CC1CCN(c2ccc(NC(=O)N3CCOCC3)cc2)CC1. The van der Waals surface area contributed by atoms with E-state index in [4.69, 9.17) is 4.74 Å². The van der Waals surface area contributed by atoms with Crippen molar-refractivity contribution >= 4 is 17.4 Å². The third-order valence-corrected chi connectivity index (χ3v) is 4.57. The zero-order valence-corrected chi connectivity index (χ0v) is 13.3. The van der Waals surface area contributed by atoms with Crippen molar-refractivity contribution in [2.24, 2.45) is 5.92 Å². The molecule has 0 aromatic heterocycles. The van der Waals surface area contributed by atoms with Gasteiger partial charge in [-0.15, -0.1) is 0 Å². The van der Waals surface area contributed by atoms with Gasteiger partial charge in [0.05, 0.1) is 13.2 Å². The predicted molar refractivity (Wildman–Crippen MR) is 88.5 cm³/mol. The second kappa shape index (κ2) is 7.01. The number of carbonyl (C=O) groups is 1. The highest BCUT2D eigenvalue weighted by molar-refractivity contribution is 5.89. The maximum absolute atomic E-state index is 12.1. The summed E-state index contributed by atoms with van der Waals surface area (Å²) in [5.41, 5.74) is 2.10. The second-order valence-electron chi connectivity index (χ2n) is 6.25. The van der Waals surface area contributed by atoms with E-state index in [1.54, 1.807) is 4.90 Å². The number of nitrogens with zero attached hydrogens (tertiary/aromatic N) is 2. The minimum Gasteiger partial charge on any atom is -0.378 e. The van der Waals surface area contributed by atoms with Crippen molar-refractivity contribution in [3.8, 4) is 0 Å². The molecule has 1 aromatic rings. The zero-order valence-electron chi connectivity index (χ0n) is 13.3. The molecule has 1 aromatic carbocycles. The summed E-state index contributed by atoms with van der Waals surface area (Å²) in [6.07, 6.45) is 2.52. The van der Waals surface area contributed by atoms with E-state index < -0.39 is 0 Å². The summed E-state index contributed by atoms with van der Waals surface area (Å²) in [4.78, 5) is 16.4. The summed E-state index contributed by atoms with van der Waals surface area (Å²) in [6.45, 7) is 7.15. The molecule has 0 spiro atoms. The summed E-state index contributed by atoms with van der Waals surface area (Å²) in [5, 5.41) is 2.96. The minimum absolute atomic E-state index is 0.0390. The molecule has 2 heterocycles. The average Bonchev–Trinajstić information content (AvgIpc) is 2.57. The van der Waals surface area contributed by atoms with Crippen molar-refractivity contribution in [3.05, 3.63) is 24.3 Å². The first-order valence-electron chi connectivity index (χ1n) is 8.21. The number of rotatable bonds is 2. The smallest absolute Gasteiger partial charge is 0.321 e. The van der Waals surface area contributed by atoms with Crippen molar-refractivity contribution in [1.82, 2.24) is 4.90 Å². The first kappa shape index (κ1) is 15.2. The molecule has 0 unspecified atom stereocenters. The molecule has 2 saturated heterocycles. The number of piperidine rings is 1. The van der Waals surface area contributed by atoms with Crippen LogP contribution in [0.2, 0.25) is 0 Å². The number of benzene rings is 1. The fourth-order valence-electron chi connectivity index (χ4n) is 2.99. The molecule has 3 rings (SSSR count). The molecule has 0 aliphatic carbocycles. The molecule has 22 heavy (non-hydrogen) atoms. The van der Waals surface area contributed by atoms with Crippen molar-refractivity contribution in [2.75, 3.05) is 49.6 Å². The lowest BCUT2D eigenvalue weighted by molar-refractivity contribution is 0.0564. The molecular formula is C17H25N3O2. The van der Waals surface area contributed by atoms with E-state index in [0.717, 1.165) is 24.7 Å². The van der Waals surface area contributed by atoms with Crippen molar-refractivity contribution in [1.29, 1.82) is 0 Å². The second-order valence-corrected chi connectivity index (χ2v) is 6.25. The molecule has 5 nitrogen and oxygen atoms in total. The number of hydrogen-bond donors (Lipinski definition) is 1. The van der Waals surface area contributed by atoms with Crippen LogP contribution in [0.25, 0.3) is 0 Å². The van der Waals surface area contributed by atoms with Crippen LogP contribution in [0.15, 0.2) is 24.3 Å². The lowest BCUT2D eigenvalue weighted by Gasteiger charge is -2.32. The molecule has 2 aliphatic heterocycles. The fraction of sp³-hybridized carbons (Fsp3) is 0.588. The van der Waals surface area contributed by atoms with Gasteiger partial charge in [0.1, 0.15) is 0 Å². The number of urea groups is 1. The van der Waals surface area contributed by atoms with Gasteiger partial charge in [-0.3, -0.25) is 0 Å². The highest BCUT2D eigenvalue weighted by Crippen LogP contribution is 2.24. The van der Waals surface area contributed by atoms with Gasteiger partial charge in [-0.05, 0) is 43.0 Å². The topological polar surface area (TPSA) is 44.8 Å². The Morgan fingerprint density at radius 2 is 1.73 bits per heavy atom. The van der Waals surface area contributed by atoms with Crippen LogP contribution >= 0.6 is 0 Å². The van der Waals surface area contributed by atoms with Crippen LogP contribution < -0.4 is 10.2 Å². The Labute approximate surface area is 132 Å². The Kier molecular flexibility index (Phi) is 4.83. The van der Waals surface area contributed by atoms with Crippen LogP contribution in [0.5, 0.6) is 0 Å². The molecular weight excluding hydrogens is 278 g/mol. The van der Waals surface area contributed by atoms with Gasteiger partial charge in [-0.1, -0.05) is 6.92 Å². The first-order valence-corrected chi connectivity index (χ1v) is 8.21. The normalized spacial score (nSPS) is 20.0. The minimum atomic E-state index is -0.0390. The highest BCUT2D eigenvalue weighted by Gasteiger charge is 2.18. The lowest BCUT2D eigenvalue weighted by atomic mass is 9.99. The highest BCUT2D eigenvalue weighted by atomic mass is 16.5. The molecule has 5 heteroatoms. The van der Waals surface area contributed by atoms with E-state index in [9.17, 15) is 4.79 Å². The van der Waals surface area contributed by atoms with Gasteiger partial charge in [0.2, 0.25) is 0 Å². The van der Waals surface area contributed by atoms with E-state index in [0.29, 0.717) is 26.3 Å². The van der Waals surface area contributed by atoms with Crippen molar-refractivity contribution < 1.29 is 9.53 Å². The van der Waals surface area contributed by atoms with E-state index in [-0.39, 0.29) is 6.03 Å². The van der Waals surface area contributed by atoms with Gasteiger partial charge in [0.15, 0.2) is 0 Å². The Morgan fingerprint density at radius 3 is 2.36 bits per heavy atom. The van der Waals surface area contributed by atoms with Crippen molar-refractivity contribution in [3.63, 3.8) is 0 Å². The van der Waals surface area contributed by atoms with E-state index in [2.05, 4.69) is 29.3 Å². The predicted octanol–water partition coefficient (Wildman–Crippen LogP) is 2.79. The summed E-state index contributed by atoms with van der Waals surface area (Å²) >= 11 is 0. The molecule has 0 atom stereocenters. The fourth-order valence-corrected chi connectivity index (χ4v) is 2.99. The number of morpholine rings is 1. The molecule has 0 radical (unpaired) electrons. The third kappa shape index (κ3) is 3.71. The molecule has 2 fully saturated rings. The van der Waals surface area contributed by atoms with Crippen LogP contribution in [0, 0.1) is 5.92 Å². The monoisotopic (exact) mass is 303 g/mol. The molecule has 0 saturated carbocycles. The van der Waals surface area contributed by atoms with Crippen LogP contribution in [0.1, 0.15) is 19.8 Å². The number of ether oxygens (including phenoxy) is 1.